The van der Waals surface area contributed by atoms with Crippen molar-refractivity contribution in [2.75, 3.05) is 40.4 Å². The van der Waals surface area contributed by atoms with E-state index in [9.17, 15) is 0 Å². The second-order valence-electron chi connectivity index (χ2n) is 13.1. The lowest BCUT2D eigenvalue weighted by Gasteiger charge is -2.29. The summed E-state index contributed by atoms with van der Waals surface area (Å²) in [5.41, 5.74) is 0. The van der Waals surface area contributed by atoms with Crippen molar-refractivity contribution in [3.8, 4) is 11.5 Å². The summed E-state index contributed by atoms with van der Waals surface area (Å²) in [5, 5.41) is 0. The molecule has 2 aliphatic heterocycles. The molecule has 0 saturated heterocycles. The minimum atomic E-state index is 0.0739. The molecule has 0 amide bonds. The first-order chi connectivity index (χ1) is 21.1. The van der Waals surface area contributed by atoms with E-state index in [-0.39, 0.29) is 12.5 Å². The smallest absolute Gasteiger partial charge is 0.152 e. The lowest BCUT2D eigenvalue weighted by Crippen LogP contribution is -2.37. The zero-order valence-electron chi connectivity index (χ0n) is 29.0. The van der Waals surface area contributed by atoms with Gasteiger partial charge in [0, 0.05) is 39.1 Å². The highest BCUT2D eigenvalue weighted by Gasteiger charge is 2.19. The second-order valence-corrected chi connectivity index (χ2v) is 13.1. The number of fused-ring (bicyclic) bond motifs is 12. The molecule has 250 valence electrons. The molecule has 0 aliphatic carbocycles. The number of nitrogens with zero attached hydrogens (tertiary/aromatic N) is 2. The Morgan fingerprint density at radius 2 is 0.837 bits per heavy atom. The predicted molar refractivity (Wildman–Crippen MR) is 184 cm³/mol. The number of unbranched alkanes of at least 4 members (excludes halogenated alkanes) is 16. The van der Waals surface area contributed by atoms with Gasteiger partial charge in [0.2, 0.25) is 0 Å². The van der Waals surface area contributed by atoms with Gasteiger partial charge in [0.05, 0.1) is 0 Å². The van der Waals surface area contributed by atoms with Crippen LogP contribution in [0.15, 0.2) is 24.3 Å². The van der Waals surface area contributed by atoms with Gasteiger partial charge in [-0.3, -0.25) is 9.80 Å². The van der Waals surface area contributed by atoms with Gasteiger partial charge in [-0.1, -0.05) is 117 Å². The lowest BCUT2D eigenvalue weighted by molar-refractivity contribution is 0.0199. The fourth-order valence-corrected chi connectivity index (χ4v) is 6.10. The molecule has 1 aromatic carbocycles. The molecule has 0 N–H and O–H groups in total. The van der Waals surface area contributed by atoms with Gasteiger partial charge in [0.1, 0.15) is 11.5 Å². The van der Waals surface area contributed by atoms with E-state index in [1.807, 2.05) is 0 Å². The molecule has 43 heavy (non-hydrogen) atoms. The number of ether oxygens (including phenoxy) is 3. The third-order valence-corrected chi connectivity index (χ3v) is 9.06. The van der Waals surface area contributed by atoms with Crippen LogP contribution in [-0.4, -0.2) is 62.7 Å². The Labute approximate surface area is 267 Å². The summed E-state index contributed by atoms with van der Waals surface area (Å²) >= 11 is 0. The number of hydrogen-bond acceptors (Lipinski definition) is 5. The third-order valence-electron chi connectivity index (χ3n) is 9.06. The fourth-order valence-electron chi connectivity index (χ4n) is 6.10. The van der Waals surface area contributed by atoms with E-state index in [1.54, 1.807) is 0 Å². The standard InChI is InChI=1S/C38H70N2O3/c1-5-7-9-11-13-15-17-19-21-31-39(3)37-25-23-33-41-34-24-26-38(43-36-29-27-35(42-37)28-30-36)40(4)32-22-20-18-16-14-12-10-8-6-2/h27-30,37-38H,5-26,31-34H2,1-4H3. The minimum Gasteiger partial charge on any atom is -0.475 e. The van der Waals surface area contributed by atoms with Gasteiger partial charge < -0.3 is 14.2 Å². The zero-order chi connectivity index (χ0) is 30.8. The Bertz CT molecular complexity index is 682. The Balaban J connectivity index is 1.78. The van der Waals surface area contributed by atoms with Crippen LogP contribution in [0.5, 0.6) is 11.5 Å². The molecule has 5 heteroatoms. The summed E-state index contributed by atoms with van der Waals surface area (Å²) in [7, 11) is 4.44. The van der Waals surface area contributed by atoms with E-state index in [0.717, 1.165) is 63.5 Å². The second kappa shape index (κ2) is 26.0. The Kier molecular flexibility index (Phi) is 22.9. The van der Waals surface area contributed by atoms with E-state index in [1.165, 1.54) is 116 Å². The summed E-state index contributed by atoms with van der Waals surface area (Å²) < 4.78 is 19.1. The number of rotatable bonds is 22. The highest BCUT2D eigenvalue weighted by Crippen LogP contribution is 2.24. The monoisotopic (exact) mass is 603 g/mol. The van der Waals surface area contributed by atoms with E-state index < -0.39 is 0 Å². The molecule has 2 unspecified atom stereocenters. The highest BCUT2D eigenvalue weighted by molar-refractivity contribution is 5.31. The summed E-state index contributed by atoms with van der Waals surface area (Å²) in [6, 6.07) is 8.34. The van der Waals surface area contributed by atoms with Crippen molar-refractivity contribution in [2.24, 2.45) is 0 Å². The van der Waals surface area contributed by atoms with Crippen molar-refractivity contribution in [3.63, 3.8) is 0 Å². The molecule has 0 radical (unpaired) electrons. The quantitative estimate of drug-likeness (QED) is 0.123. The largest absolute Gasteiger partial charge is 0.475 e. The van der Waals surface area contributed by atoms with Crippen LogP contribution in [0.4, 0.5) is 0 Å². The molecule has 0 aromatic heterocycles. The first-order valence-corrected chi connectivity index (χ1v) is 18.6. The molecule has 0 spiro atoms. The van der Waals surface area contributed by atoms with Gasteiger partial charge in [0.15, 0.2) is 12.5 Å². The lowest BCUT2D eigenvalue weighted by atomic mass is 10.1. The first-order valence-electron chi connectivity index (χ1n) is 18.6. The van der Waals surface area contributed by atoms with Crippen LogP contribution in [0.1, 0.15) is 155 Å². The number of benzene rings is 1. The fraction of sp³-hybridized carbons (Fsp3) is 0.842. The molecule has 5 nitrogen and oxygen atoms in total. The molecule has 0 fully saturated rings. The van der Waals surface area contributed by atoms with Crippen molar-refractivity contribution in [3.05, 3.63) is 24.3 Å². The van der Waals surface area contributed by atoms with E-state index in [4.69, 9.17) is 14.2 Å². The van der Waals surface area contributed by atoms with Crippen LogP contribution in [-0.2, 0) is 4.74 Å². The SMILES string of the molecule is CCCCCCCCCCCN(C)C1CCCOCCCC(N(C)CCCCCCCCCCC)Oc2ccc(cc2)O1. The van der Waals surface area contributed by atoms with Gasteiger partial charge in [-0.25, -0.2) is 0 Å². The summed E-state index contributed by atoms with van der Waals surface area (Å²) in [6.07, 6.45) is 28.6. The molecule has 3 rings (SSSR count). The molecule has 2 atom stereocenters. The maximum Gasteiger partial charge on any atom is 0.152 e. The molecule has 1 aromatic rings. The summed E-state index contributed by atoms with van der Waals surface area (Å²) in [5.74, 6) is 1.85. The highest BCUT2D eigenvalue weighted by atomic mass is 16.5. The zero-order valence-corrected chi connectivity index (χ0v) is 29.0. The molecule has 2 bridgehead atoms. The summed E-state index contributed by atoms with van der Waals surface area (Å²) in [6.45, 7) is 8.33. The normalized spacial score (nSPS) is 18.4. The van der Waals surface area contributed by atoms with Crippen LogP contribution in [0.3, 0.4) is 0 Å². The van der Waals surface area contributed by atoms with Crippen LogP contribution >= 0.6 is 0 Å². The molecule has 0 saturated carbocycles. The summed E-state index contributed by atoms with van der Waals surface area (Å²) in [4.78, 5) is 4.81. The van der Waals surface area contributed by atoms with Crippen molar-refractivity contribution in [1.82, 2.24) is 9.80 Å². The third kappa shape index (κ3) is 19.0. The van der Waals surface area contributed by atoms with Gasteiger partial charge in [-0.15, -0.1) is 0 Å². The van der Waals surface area contributed by atoms with Gasteiger partial charge >= 0.3 is 0 Å². The Morgan fingerprint density at radius 3 is 1.19 bits per heavy atom. The van der Waals surface area contributed by atoms with Crippen LogP contribution in [0, 0.1) is 0 Å². The molecule has 2 aliphatic rings. The average Bonchev–Trinajstić information content (AvgIpc) is 3.03. The van der Waals surface area contributed by atoms with Crippen LogP contribution < -0.4 is 9.47 Å². The average molecular weight is 603 g/mol. The predicted octanol–water partition coefficient (Wildman–Crippen LogP) is 10.6. The Hall–Kier alpha value is -1.30. The van der Waals surface area contributed by atoms with Crippen LogP contribution in [0.2, 0.25) is 0 Å². The topological polar surface area (TPSA) is 34.2 Å². The van der Waals surface area contributed by atoms with Crippen LogP contribution in [0.25, 0.3) is 0 Å². The van der Waals surface area contributed by atoms with Gasteiger partial charge in [-0.05, 0) is 64.0 Å². The van der Waals surface area contributed by atoms with Gasteiger partial charge in [0.25, 0.3) is 0 Å². The van der Waals surface area contributed by atoms with E-state index in [2.05, 4.69) is 62.0 Å². The maximum absolute atomic E-state index is 6.53. The van der Waals surface area contributed by atoms with Gasteiger partial charge in [-0.2, -0.15) is 0 Å². The Morgan fingerprint density at radius 1 is 0.512 bits per heavy atom. The maximum atomic E-state index is 6.53. The molecular weight excluding hydrogens is 532 g/mol. The van der Waals surface area contributed by atoms with E-state index in [0.29, 0.717) is 0 Å². The minimum absolute atomic E-state index is 0.0739. The van der Waals surface area contributed by atoms with Crippen molar-refractivity contribution in [2.45, 2.75) is 168 Å². The van der Waals surface area contributed by atoms with Crippen molar-refractivity contribution < 1.29 is 14.2 Å². The number of hydrogen-bond donors (Lipinski definition) is 0. The van der Waals surface area contributed by atoms with Crippen molar-refractivity contribution >= 4 is 0 Å². The van der Waals surface area contributed by atoms with E-state index >= 15 is 0 Å². The molecule has 2 heterocycles. The first kappa shape index (κ1) is 37.9. The van der Waals surface area contributed by atoms with Crippen molar-refractivity contribution in [1.29, 1.82) is 0 Å². The molecular formula is C38H70N2O3.